The van der Waals surface area contributed by atoms with Crippen molar-refractivity contribution in [2.45, 2.75) is 11.8 Å². The van der Waals surface area contributed by atoms with Crippen molar-refractivity contribution in [1.82, 2.24) is 20.0 Å². The summed E-state index contributed by atoms with van der Waals surface area (Å²) in [6.45, 7) is 1.56. The van der Waals surface area contributed by atoms with Crippen LogP contribution in [0.3, 0.4) is 0 Å². The molecule has 1 heterocycles. The van der Waals surface area contributed by atoms with Crippen LogP contribution in [0.5, 0.6) is 6.01 Å². The van der Waals surface area contributed by atoms with Gasteiger partial charge in [-0.1, -0.05) is 23.7 Å². The number of rotatable bonds is 5. The van der Waals surface area contributed by atoms with E-state index in [2.05, 4.69) is 20.1 Å². The van der Waals surface area contributed by atoms with Gasteiger partial charge < -0.3 is 10.5 Å². The smallest absolute Gasteiger partial charge is 0.321 e. The Morgan fingerprint density at radius 3 is 2.46 bits per heavy atom. The molecule has 2 rings (SSSR count). The zero-order valence-electron chi connectivity index (χ0n) is 14.6. The Morgan fingerprint density at radius 1 is 1.23 bits per heavy atom. The van der Waals surface area contributed by atoms with E-state index in [1.807, 2.05) is 0 Å². The van der Waals surface area contributed by atoms with Crippen LogP contribution in [0.25, 0.3) is 0 Å². The van der Waals surface area contributed by atoms with Crippen molar-refractivity contribution in [3.05, 3.63) is 35.1 Å². The Balaban J connectivity index is 2.74. The maximum atomic E-state index is 13.2. The number of aromatic nitrogens is 3. The minimum Gasteiger partial charge on any atom is -0.467 e. The number of hydrogen-bond acceptors (Lipinski definition) is 8. The summed E-state index contributed by atoms with van der Waals surface area (Å²) in [4.78, 5) is 11.8. The quantitative estimate of drug-likeness (QED) is 0.445. The van der Waals surface area contributed by atoms with E-state index < -0.39 is 10.0 Å². The van der Waals surface area contributed by atoms with Crippen LogP contribution in [0.1, 0.15) is 5.82 Å². The van der Waals surface area contributed by atoms with E-state index in [0.717, 1.165) is 0 Å². The predicted molar refractivity (Wildman–Crippen MR) is 97.5 cm³/mol. The van der Waals surface area contributed by atoms with E-state index in [-0.39, 0.29) is 33.7 Å². The highest BCUT2D eigenvalue weighted by Gasteiger charge is 2.33. The van der Waals surface area contributed by atoms with Crippen molar-refractivity contribution in [3.8, 4) is 6.01 Å². The first-order chi connectivity index (χ1) is 12.2. The summed E-state index contributed by atoms with van der Waals surface area (Å²) >= 11 is 6.07. The van der Waals surface area contributed by atoms with Crippen molar-refractivity contribution in [2.24, 2.45) is 10.8 Å². The SMILES string of the molecule is COc1nc(C)nc(N(C(N)=NN(C)C)S(=O)(=O)c2ccccc2Cl)n1. The second-order valence-corrected chi connectivity index (χ2v) is 7.34. The lowest BCUT2D eigenvalue weighted by molar-refractivity contribution is 0.377. The first-order valence-electron chi connectivity index (χ1n) is 7.24. The topological polar surface area (TPSA) is 127 Å². The molecule has 12 heteroatoms. The molecule has 0 saturated carbocycles. The monoisotopic (exact) mass is 399 g/mol. The van der Waals surface area contributed by atoms with Gasteiger partial charge in [-0.05, 0) is 19.1 Å². The van der Waals surface area contributed by atoms with Crippen LogP contribution >= 0.6 is 11.6 Å². The predicted octanol–water partition coefficient (Wildman–Crippen LogP) is 0.829. The summed E-state index contributed by atoms with van der Waals surface area (Å²) in [7, 11) is 0.268. The maximum Gasteiger partial charge on any atom is 0.321 e. The van der Waals surface area contributed by atoms with Gasteiger partial charge in [-0.25, -0.2) is 8.42 Å². The third kappa shape index (κ3) is 4.11. The fraction of sp³-hybridized carbons (Fsp3) is 0.286. The molecule has 10 nitrogen and oxygen atoms in total. The van der Waals surface area contributed by atoms with E-state index in [1.54, 1.807) is 27.1 Å². The maximum absolute atomic E-state index is 13.2. The highest BCUT2D eigenvalue weighted by molar-refractivity contribution is 7.93. The largest absolute Gasteiger partial charge is 0.467 e. The number of anilines is 1. The van der Waals surface area contributed by atoms with Gasteiger partial charge in [-0.15, -0.1) is 5.10 Å². The molecule has 26 heavy (non-hydrogen) atoms. The van der Waals surface area contributed by atoms with Gasteiger partial charge in [0, 0.05) is 14.1 Å². The fourth-order valence-corrected chi connectivity index (χ4v) is 3.73. The number of nitrogens with two attached hydrogens (primary N) is 1. The molecule has 0 amide bonds. The Bertz CT molecular complexity index is 934. The number of guanidine groups is 1. The summed E-state index contributed by atoms with van der Waals surface area (Å²) in [6.07, 6.45) is 0. The van der Waals surface area contributed by atoms with Gasteiger partial charge in [-0.3, -0.25) is 5.01 Å². The lowest BCUT2D eigenvalue weighted by Gasteiger charge is -2.22. The summed E-state index contributed by atoms with van der Waals surface area (Å²) in [5, 5.41) is 5.32. The normalized spacial score (nSPS) is 12.0. The molecule has 0 bridgehead atoms. The van der Waals surface area contributed by atoms with E-state index in [0.29, 0.717) is 4.31 Å². The second kappa shape index (κ2) is 7.70. The molecule has 0 fully saturated rings. The van der Waals surface area contributed by atoms with Gasteiger partial charge in [0.25, 0.3) is 16.0 Å². The molecule has 0 radical (unpaired) electrons. The van der Waals surface area contributed by atoms with Crippen molar-refractivity contribution in [3.63, 3.8) is 0 Å². The van der Waals surface area contributed by atoms with Crippen molar-refractivity contribution < 1.29 is 13.2 Å². The highest BCUT2D eigenvalue weighted by Crippen LogP contribution is 2.27. The second-order valence-electron chi connectivity index (χ2n) is 5.17. The Morgan fingerprint density at radius 2 is 1.88 bits per heavy atom. The summed E-state index contributed by atoms with van der Waals surface area (Å²) in [5.74, 6) is -0.399. The number of ether oxygens (including phenoxy) is 1. The number of sulfonamides is 1. The minimum absolute atomic E-state index is 0.0212. The zero-order chi connectivity index (χ0) is 19.5. The van der Waals surface area contributed by atoms with Crippen LogP contribution in [0.15, 0.2) is 34.3 Å². The molecule has 0 aliphatic heterocycles. The van der Waals surface area contributed by atoms with Crippen molar-refractivity contribution in [1.29, 1.82) is 0 Å². The number of benzene rings is 1. The molecule has 140 valence electrons. The molecule has 1 aromatic carbocycles. The summed E-state index contributed by atoms with van der Waals surface area (Å²) < 4.78 is 32.1. The minimum atomic E-state index is -4.26. The molecule has 2 N–H and O–H groups in total. The molecular weight excluding hydrogens is 382 g/mol. The summed E-state index contributed by atoms with van der Waals surface area (Å²) in [5.41, 5.74) is 5.94. The number of halogens is 1. The van der Waals surface area contributed by atoms with Gasteiger partial charge in [0.1, 0.15) is 10.7 Å². The number of aryl methyl sites for hydroxylation is 1. The Kier molecular flexibility index (Phi) is 5.83. The number of hydrazone groups is 1. The first-order valence-corrected chi connectivity index (χ1v) is 9.06. The van der Waals surface area contributed by atoms with Crippen LogP contribution in [-0.4, -0.2) is 55.5 Å². The number of hydrogen-bond donors (Lipinski definition) is 1. The van der Waals surface area contributed by atoms with E-state index in [4.69, 9.17) is 22.1 Å². The average molecular weight is 400 g/mol. The molecule has 0 saturated heterocycles. The molecular formula is C14H18ClN7O3S. The Hall–Kier alpha value is -2.66. The molecule has 1 aromatic heterocycles. The number of methoxy groups -OCH3 is 1. The van der Waals surface area contributed by atoms with Crippen LogP contribution < -0.4 is 14.8 Å². The highest BCUT2D eigenvalue weighted by atomic mass is 35.5. The lowest BCUT2D eigenvalue weighted by Crippen LogP contribution is -2.44. The van der Waals surface area contributed by atoms with Crippen molar-refractivity contribution in [2.75, 3.05) is 25.5 Å². The van der Waals surface area contributed by atoms with Crippen LogP contribution in [0.4, 0.5) is 5.95 Å². The van der Waals surface area contributed by atoms with Gasteiger partial charge >= 0.3 is 6.01 Å². The molecule has 0 atom stereocenters. The zero-order valence-corrected chi connectivity index (χ0v) is 16.2. The average Bonchev–Trinajstić information content (AvgIpc) is 2.53. The third-order valence-corrected chi connectivity index (χ3v) is 5.13. The molecule has 0 aliphatic rings. The van der Waals surface area contributed by atoms with Crippen LogP contribution in [0, 0.1) is 6.92 Å². The Labute approximate surface area is 156 Å². The number of nitrogens with zero attached hydrogens (tertiary/aromatic N) is 6. The molecule has 2 aromatic rings. The fourth-order valence-electron chi connectivity index (χ4n) is 1.96. The first kappa shape index (κ1) is 19.7. The molecule has 0 spiro atoms. The van der Waals surface area contributed by atoms with Gasteiger partial charge in [0.2, 0.25) is 5.96 Å². The van der Waals surface area contributed by atoms with E-state index in [1.165, 1.54) is 30.3 Å². The van der Waals surface area contributed by atoms with E-state index >= 15 is 0 Å². The third-order valence-electron chi connectivity index (χ3n) is 2.94. The van der Waals surface area contributed by atoms with Crippen LogP contribution in [-0.2, 0) is 10.0 Å². The van der Waals surface area contributed by atoms with Gasteiger partial charge in [-0.2, -0.15) is 19.3 Å². The van der Waals surface area contributed by atoms with Gasteiger partial charge in [0.05, 0.1) is 12.1 Å². The standard InChI is InChI=1S/C14H18ClN7O3S/c1-9-17-13(19-14(18-9)25-4)22(12(16)20-21(2)3)26(23,24)11-8-6-5-7-10(11)15/h5-8H,1-4H3,(H2,16,20). The molecule has 0 aliphatic carbocycles. The lowest BCUT2D eigenvalue weighted by atomic mass is 10.4. The van der Waals surface area contributed by atoms with E-state index in [9.17, 15) is 8.42 Å². The van der Waals surface area contributed by atoms with Crippen molar-refractivity contribution >= 4 is 33.5 Å². The summed E-state index contributed by atoms with van der Waals surface area (Å²) in [6, 6.07) is 5.88. The van der Waals surface area contributed by atoms with Crippen LogP contribution in [0.2, 0.25) is 5.02 Å². The molecule has 0 unspecified atom stereocenters. The van der Waals surface area contributed by atoms with Gasteiger partial charge in [0.15, 0.2) is 0 Å².